The second kappa shape index (κ2) is 8.43. The van der Waals surface area contributed by atoms with Crippen LogP contribution in [0.2, 0.25) is 0 Å². The summed E-state index contributed by atoms with van der Waals surface area (Å²) in [5, 5.41) is 0. The summed E-state index contributed by atoms with van der Waals surface area (Å²) in [5.41, 5.74) is -2.49. The number of carbonyl (C=O) groups excluding carboxylic acids is 2. The zero-order valence-corrected chi connectivity index (χ0v) is 17.5. The molecule has 2 amide bonds. The van der Waals surface area contributed by atoms with Crippen LogP contribution in [-0.2, 0) is 20.4 Å². The molecular formula is C22H27F3N2O4. The van der Waals surface area contributed by atoms with E-state index in [0.29, 0.717) is 45.1 Å². The molecule has 6 nitrogen and oxygen atoms in total. The Morgan fingerprint density at radius 2 is 1.74 bits per heavy atom. The van der Waals surface area contributed by atoms with Gasteiger partial charge in [0.15, 0.2) is 0 Å². The van der Waals surface area contributed by atoms with E-state index in [9.17, 15) is 22.8 Å². The first-order valence-corrected chi connectivity index (χ1v) is 10.7. The van der Waals surface area contributed by atoms with Gasteiger partial charge in [0.2, 0.25) is 5.91 Å². The largest absolute Gasteiger partial charge is 0.417 e. The molecule has 3 aliphatic rings. The van der Waals surface area contributed by atoms with E-state index in [2.05, 4.69) is 6.92 Å². The molecule has 1 unspecified atom stereocenters. The van der Waals surface area contributed by atoms with Gasteiger partial charge in [-0.1, -0.05) is 19.1 Å². The van der Waals surface area contributed by atoms with Crippen molar-refractivity contribution in [1.29, 1.82) is 0 Å². The summed E-state index contributed by atoms with van der Waals surface area (Å²) >= 11 is 0. The van der Waals surface area contributed by atoms with Crippen LogP contribution in [0.1, 0.15) is 48.5 Å². The van der Waals surface area contributed by atoms with Gasteiger partial charge in [0.05, 0.1) is 30.9 Å². The number of nitrogens with zero attached hydrogens (tertiary/aromatic N) is 2. The van der Waals surface area contributed by atoms with Crippen LogP contribution in [0.5, 0.6) is 0 Å². The van der Waals surface area contributed by atoms with Crippen molar-refractivity contribution in [1.82, 2.24) is 9.80 Å². The highest BCUT2D eigenvalue weighted by atomic mass is 19.4. The number of carbonyl (C=O) groups is 2. The first kappa shape index (κ1) is 22.1. The second-order valence-corrected chi connectivity index (χ2v) is 8.61. The molecule has 1 aliphatic carbocycles. The third kappa shape index (κ3) is 4.17. The smallest absolute Gasteiger partial charge is 0.378 e. The molecule has 1 saturated carbocycles. The molecule has 0 radical (unpaired) electrons. The lowest BCUT2D eigenvalue weighted by atomic mass is 9.83. The van der Waals surface area contributed by atoms with Gasteiger partial charge in [0, 0.05) is 13.1 Å². The van der Waals surface area contributed by atoms with E-state index >= 15 is 0 Å². The molecule has 1 aromatic rings. The fraction of sp³-hybridized carbons (Fsp3) is 0.636. The first-order valence-electron chi connectivity index (χ1n) is 10.7. The van der Waals surface area contributed by atoms with Crippen molar-refractivity contribution in [3.05, 3.63) is 35.4 Å². The topological polar surface area (TPSA) is 59.1 Å². The Morgan fingerprint density at radius 1 is 1.10 bits per heavy atom. The Balaban J connectivity index is 1.71. The molecule has 170 valence electrons. The van der Waals surface area contributed by atoms with Crippen molar-refractivity contribution in [2.24, 2.45) is 5.92 Å². The molecule has 0 N–H and O–H groups in total. The van der Waals surface area contributed by atoms with Crippen molar-refractivity contribution in [3.8, 4) is 0 Å². The van der Waals surface area contributed by atoms with Gasteiger partial charge >= 0.3 is 6.18 Å². The maximum atomic E-state index is 13.6. The predicted molar refractivity (Wildman–Crippen MR) is 105 cm³/mol. The second-order valence-electron chi connectivity index (χ2n) is 8.61. The number of amides is 2. The van der Waals surface area contributed by atoms with Gasteiger partial charge in [0.25, 0.3) is 5.91 Å². The van der Waals surface area contributed by atoms with E-state index in [0.717, 1.165) is 18.9 Å². The van der Waals surface area contributed by atoms with Crippen LogP contribution in [0.25, 0.3) is 0 Å². The summed E-state index contributed by atoms with van der Waals surface area (Å²) in [6.45, 7) is 3.66. The average Bonchev–Trinajstić information content (AvgIpc) is 3.13. The number of hydrogen-bond donors (Lipinski definition) is 0. The molecule has 1 spiro atoms. The Hall–Kier alpha value is -2.13. The van der Waals surface area contributed by atoms with Crippen LogP contribution in [0.4, 0.5) is 13.2 Å². The molecule has 3 fully saturated rings. The van der Waals surface area contributed by atoms with Gasteiger partial charge in [-0.25, -0.2) is 0 Å². The maximum Gasteiger partial charge on any atom is 0.417 e. The van der Waals surface area contributed by atoms with Crippen molar-refractivity contribution in [2.75, 3.05) is 32.9 Å². The van der Waals surface area contributed by atoms with E-state index in [1.807, 2.05) is 0 Å². The average molecular weight is 440 g/mol. The highest BCUT2D eigenvalue weighted by molar-refractivity contribution is 5.99. The number of alkyl halides is 3. The van der Waals surface area contributed by atoms with E-state index in [1.54, 1.807) is 4.90 Å². The minimum absolute atomic E-state index is 0.00943. The SMILES string of the molecule is CC1CCC2(CC1)OCC(C(=O)N1CCOCC1)N2C(=O)c1ccccc1C(F)(F)F. The molecule has 0 bridgehead atoms. The fourth-order valence-corrected chi connectivity index (χ4v) is 4.81. The highest BCUT2D eigenvalue weighted by Crippen LogP contribution is 2.44. The molecule has 31 heavy (non-hydrogen) atoms. The zero-order chi connectivity index (χ0) is 22.2. The van der Waals surface area contributed by atoms with Crippen molar-refractivity contribution >= 4 is 11.8 Å². The van der Waals surface area contributed by atoms with Gasteiger partial charge in [-0.3, -0.25) is 14.5 Å². The predicted octanol–water partition coefficient (Wildman–Crippen LogP) is 3.31. The summed E-state index contributed by atoms with van der Waals surface area (Å²) in [7, 11) is 0. The first-order chi connectivity index (χ1) is 14.7. The monoisotopic (exact) mass is 440 g/mol. The van der Waals surface area contributed by atoms with E-state index in [1.165, 1.54) is 23.1 Å². The number of morpholine rings is 1. The number of ether oxygens (including phenoxy) is 2. The Morgan fingerprint density at radius 3 is 2.39 bits per heavy atom. The van der Waals surface area contributed by atoms with Crippen LogP contribution < -0.4 is 0 Å². The van der Waals surface area contributed by atoms with Crippen LogP contribution in [0, 0.1) is 5.92 Å². The summed E-state index contributed by atoms with van der Waals surface area (Å²) in [5.74, 6) is -0.661. The number of hydrogen-bond acceptors (Lipinski definition) is 4. The van der Waals surface area contributed by atoms with Crippen LogP contribution in [0.3, 0.4) is 0 Å². The van der Waals surface area contributed by atoms with Crippen LogP contribution >= 0.6 is 0 Å². The van der Waals surface area contributed by atoms with Gasteiger partial charge < -0.3 is 14.4 Å². The summed E-state index contributed by atoms with van der Waals surface area (Å²) < 4.78 is 52.3. The number of halogens is 3. The molecule has 1 atom stereocenters. The quantitative estimate of drug-likeness (QED) is 0.708. The Kier molecular flexibility index (Phi) is 6.00. The van der Waals surface area contributed by atoms with Crippen LogP contribution in [-0.4, -0.2) is 66.3 Å². The lowest BCUT2D eigenvalue weighted by Gasteiger charge is -2.43. The standard InChI is InChI=1S/C22H27F3N2O4/c1-15-6-8-21(9-7-15)27(18(14-31-21)20(29)26-10-12-30-13-11-26)19(28)16-4-2-3-5-17(16)22(23,24)25/h2-5,15,18H,6-14H2,1H3. The van der Waals surface area contributed by atoms with E-state index in [4.69, 9.17) is 9.47 Å². The van der Waals surface area contributed by atoms with Crippen molar-refractivity contribution in [2.45, 2.75) is 50.6 Å². The minimum Gasteiger partial charge on any atom is -0.378 e. The Labute approximate surface area is 179 Å². The summed E-state index contributed by atoms with van der Waals surface area (Å²) in [6, 6.07) is 3.81. The number of rotatable bonds is 2. The van der Waals surface area contributed by atoms with Crippen LogP contribution in [0.15, 0.2) is 24.3 Å². The molecule has 2 heterocycles. The molecule has 2 saturated heterocycles. The lowest BCUT2D eigenvalue weighted by molar-refractivity contribution is -0.141. The van der Waals surface area contributed by atoms with Gasteiger partial charge in [-0.15, -0.1) is 0 Å². The van der Waals surface area contributed by atoms with Gasteiger partial charge in [-0.2, -0.15) is 13.2 Å². The normalized spacial score (nSPS) is 29.4. The molecule has 0 aromatic heterocycles. The third-order valence-electron chi connectivity index (χ3n) is 6.61. The third-order valence-corrected chi connectivity index (χ3v) is 6.61. The highest BCUT2D eigenvalue weighted by Gasteiger charge is 2.55. The molecule has 2 aliphatic heterocycles. The number of benzene rings is 1. The maximum absolute atomic E-state index is 13.6. The molecule has 4 rings (SSSR count). The lowest BCUT2D eigenvalue weighted by Crippen LogP contribution is -2.58. The van der Waals surface area contributed by atoms with E-state index < -0.39 is 35.0 Å². The molecular weight excluding hydrogens is 413 g/mol. The van der Waals surface area contributed by atoms with E-state index in [-0.39, 0.29) is 12.5 Å². The van der Waals surface area contributed by atoms with Gasteiger partial charge in [0.1, 0.15) is 11.8 Å². The summed E-state index contributed by atoms with van der Waals surface area (Å²) in [6.07, 6.45) is -2.11. The molecule has 1 aromatic carbocycles. The van der Waals surface area contributed by atoms with Crippen molar-refractivity contribution in [3.63, 3.8) is 0 Å². The Bertz CT molecular complexity index is 830. The minimum atomic E-state index is -4.68. The summed E-state index contributed by atoms with van der Waals surface area (Å²) in [4.78, 5) is 29.8. The van der Waals surface area contributed by atoms with Crippen molar-refractivity contribution < 1.29 is 32.2 Å². The zero-order valence-electron chi connectivity index (χ0n) is 17.5. The fourth-order valence-electron chi connectivity index (χ4n) is 4.81. The van der Waals surface area contributed by atoms with Gasteiger partial charge in [-0.05, 0) is 43.7 Å². The molecule has 9 heteroatoms.